The number of non-ortho nitro benzene ring substituents is 1. The second kappa shape index (κ2) is 11.1. The van der Waals surface area contributed by atoms with Gasteiger partial charge < -0.3 is 9.47 Å². The minimum absolute atomic E-state index is 0.0193. The number of carbonyl (C=O) groups is 1. The van der Waals surface area contributed by atoms with Crippen LogP contribution >= 0.6 is 0 Å². The molecule has 7 heteroatoms. The second-order valence-corrected chi connectivity index (χ2v) is 10.5. The number of nitrogens with zero attached hydrogens (tertiary/aromatic N) is 1. The highest BCUT2D eigenvalue weighted by atomic mass is 32.2. The maximum atomic E-state index is 12.6. The van der Waals surface area contributed by atoms with Gasteiger partial charge in [0.2, 0.25) is 0 Å². The van der Waals surface area contributed by atoms with Gasteiger partial charge in [0.15, 0.2) is 21.3 Å². The van der Waals surface area contributed by atoms with Gasteiger partial charge in [0.1, 0.15) is 11.4 Å². The van der Waals surface area contributed by atoms with Crippen molar-refractivity contribution >= 4 is 22.6 Å². The van der Waals surface area contributed by atoms with Crippen LogP contribution in [0.15, 0.2) is 124 Å². The van der Waals surface area contributed by atoms with Crippen LogP contribution in [0.2, 0.25) is 0 Å². The summed E-state index contributed by atoms with van der Waals surface area (Å²) in [7, 11) is -0.330. The smallest absolute Gasteiger partial charge is 0.345 e. The molecule has 4 aromatic carbocycles. The number of ether oxygens (including phenoxy) is 2. The van der Waals surface area contributed by atoms with Crippen LogP contribution in [0.5, 0.6) is 5.75 Å². The summed E-state index contributed by atoms with van der Waals surface area (Å²) in [6.07, 6.45) is 0. The van der Waals surface area contributed by atoms with Gasteiger partial charge in [0.25, 0.3) is 5.69 Å². The van der Waals surface area contributed by atoms with Crippen LogP contribution in [0.3, 0.4) is 0 Å². The molecule has 0 atom stereocenters. The van der Waals surface area contributed by atoms with Crippen LogP contribution in [0.4, 0.5) is 5.69 Å². The number of hydrogen-bond donors (Lipinski definition) is 0. The minimum atomic E-state index is -0.968. The van der Waals surface area contributed by atoms with Crippen LogP contribution in [-0.2, 0) is 26.0 Å². The molecule has 0 aliphatic heterocycles. The molecule has 0 saturated carbocycles. The Morgan fingerprint density at radius 1 is 0.806 bits per heavy atom. The molecule has 0 saturated heterocycles. The lowest BCUT2D eigenvalue weighted by Gasteiger charge is -2.25. The van der Waals surface area contributed by atoms with Crippen molar-refractivity contribution in [1.29, 1.82) is 0 Å². The molecule has 0 aromatic heterocycles. The van der Waals surface area contributed by atoms with E-state index in [1.807, 2.05) is 54.6 Å². The van der Waals surface area contributed by atoms with Crippen LogP contribution in [-0.4, -0.2) is 17.5 Å². The number of rotatable bonds is 9. The number of nitro groups is 1. The van der Waals surface area contributed by atoms with E-state index >= 15 is 0 Å². The predicted octanol–water partition coefficient (Wildman–Crippen LogP) is 6.55. The molecule has 0 fully saturated rings. The molecule has 0 aliphatic carbocycles. The Balaban J connectivity index is 1.46. The Morgan fingerprint density at radius 2 is 1.36 bits per heavy atom. The van der Waals surface area contributed by atoms with Crippen LogP contribution in [0, 0.1) is 10.1 Å². The maximum absolute atomic E-state index is 12.6. The highest BCUT2D eigenvalue weighted by Crippen LogP contribution is 2.33. The highest BCUT2D eigenvalue weighted by molar-refractivity contribution is 7.97. The fourth-order valence-electron chi connectivity index (χ4n) is 3.71. The molecule has 4 aromatic rings. The lowest BCUT2D eigenvalue weighted by atomic mass is 9.98. The lowest BCUT2D eigenvalue weighted by molar-refractivity contribution is -0.384. The van der Waals surface area contributed by atoms with E-state index in [-0.39, 0.29) is 23.2 Å². The quantitative estimate of drug-likeness (QED) is 0.113. The summed E-state index contributed by atoms with van der Waals surface area (Å²) >= 11 is 0. The molecule has 0 bridgehead atoms. The van der Waals surface area contributed by atoms with Crippen molar-refractivity contribution in [3.05, 3.63) is 125 Å². The Bertz CT molecular complexity index is 1290. The van der Waals surface area contributed by atoms with Gasteiger partial charge in [-0.1, -0.05) is 42.5 Å². The third-order valence-corrected chi connectivity index (χ3v) is 7.71. The van der Waals surface area contributed by atoms with Gasteiger partial charge in [0, 0.05) is 18.2 Å². The van der Waals surface area contributed by atoms with E-state index in [1.54, 1.807) is 26.0 Å². The molecule has 6 nitrogen and oxygen atoms in total. The maximum Gasteiger partial charge on any atom is 0.345 e. The molecule has 0 N–H and O–H groups in total. The first-order valence-electron chi connectivity index (χ1n) is 11.4. The Morgan fingerprint density at radius 3 is 1.92 bits per heavy atom. The van der Waals surface area contributed by atoms with Crippen molar-refractivity contribution in [1.82, 2.24) is 0 Å². The number of benzene rings is 4. The fraction of sp³-hybridized carbons (Fsp3) is 0.138. The minimum Gasteiger partial charge on any atom is -0.482 e. The molecular weight excluding hydrogens is 474 g/mol. The van der Waals surface area contributed by atoms with Gasteiger partial charge in [0.05, 0.1) is 15.8 Å². The number of hydrogen-bond acceptors (Lipinski definition) is 5. The molecule has 0 spiro atoms. The van der Waals surface area contributed by atoms with Crippen molar-refractivity contribution in [2.75, 3.05) is 6.61 Å². The van der Waals surface area contributed by atoms with E-state index in [2.05, 4.69) is 30.3 Å². The summed E-state index contributed by atoms with van der Waals surface area (Å²) < 4.78 is 11.4. The van der Waals surface area contributed by atoms with Crippen molar-refractivity contribution in [2.24, 2.45) is 0 Å². The van der Waals surface area contributed by atoms with E-state index in [9.17, 15) is 14.9 Å². The first-order chi connectivity index (χ1) is 17.3. The Hall–Kier alpha value is -4.10. The van der Waals surface area contributed by atoms with Gasteiger partial charge in [-0.2, -0.15) is 0 Å². The summed E-state index contributed by atoms with van der Waals surface area (Å²) in [5, 5.41) is 10.9. The first kappa shape index (κ1) is 25.0. The van der Waals surface area contributed by atoms with Gasteiger partial charge in [-0.05, 0) is 67.9 Å². The summed E-state index contributed by atoms with van der Waals surface area (Å²) in [6, 6.07) is 34.3. The molecule has 36 heavy (non-hydrogen) atoms. The van der Waals surface area contributed by atoms with E-state index in [0.717, 1.165) is 4.90 Å². The third kappa shape index (κ3) is 6.12. The van der Waals surface area contributed by atoms with E-state index in [4.69, 9.17) is 9.47 Å². The summed E-state index contributed by atoms with van der Waals surface area (Å²) in [5.41, 5.74) is -0.336. The lowest BCUT2D eigenvalue weighted by Crippen LogP contribution is -2.28. The zero-order valence-corrected chi connectivity index (χ0v) is 20.8. The number of nitro benzene ring substituents is 1. The summed E-state index contributed by atoms with van der Waals surface area (Å²) in [6.45, 7) is 3.21. The van der Waals surface area contributed by atoms with Crippen molar-refractivity contribution in [3.63, 3.8) is 0 Å². The summed E-state index contributed by atoms with van der Waals surface area (Å²) in [5.74, 6) is 0.0378. The van der Waals surface area contributed by atoms with E-state index in [0.29, 0.717) is 11.3 Å². The number of esters is 1. The standard InChI is InChI=1S/C29H26NO5S/c1-29(2,22-16-18-23(19-17-22)30(32)33)35-28(31)21-34-24-10-9-15-27(20-24)36(25-11-5-3-6-12-25)26-13-7-4-8-14-26/h3-20H,21H2,1-2H3/q+1. The van der Waals surface area contributed by atoms with Crippen molar-refractivity contribution < 1.29 is 19.2 Å². The van der Waals surface area contributed by atoms with Crippen LogP contribution < -0.4 is 4.74 Å². The van der Waals surface area contributed by atoms with Crippen LogP contribution in [0.1, 0.15) is 19.4 Å². The zero-order valence-electron chi connectivity index (χ0n) is 20.0. The van der Waals surface area contributed by atoms with Gasteiger partial charge in [-0.3, -0.25) is 10.1 Å². The molecule has 0 aliphatic rings. The normalized spacial score (nSPS) is 11.2. The van der Waals surface area contributed by atoms with Gasteiger partial charge in [-0.15, -0.1) is 0 Å². The average molecular weight is 501 g/mol. The largest absolute Gasteiger partial charge is 0.482 e. The van der Waals surface area contributed by atoms with E-state index in [1.165, 1.54) is 21.9 Å². The molecule has 0 unspecified atom stereocenters. The van der Waals surface area contributed by atoms with Crippen molar-refractivity contribution in [2.45, 2.75) is 34.1 Å². The Labute approximate surface area is 213 Å². The number of carbonyl (C=O) groups excluding carboxylic acids is 1. The molecule has 0 amide bonds. The predicted molar refractivity (Wildman–Crippen MR) is 139 cm³/mol. The van der Waals surface area contributed by atoms with Crippen LogP contribution in [0.25, 0.3) is 0 Å². The molecule has 0 heterocycles. The molecule has 182 valence electrons. The Kier molecular flexibility index (Phi) is 7.71. The molecule has 4 rings (SSSR count). The first-order valence-corrected chi connectivity index (χ1v) is 12.6. The van der Waals surface area contributed by atoms with Gasteiger partial charge >= 0.3 is 5.97 Å². The fourth-order valence-corrected chi connectivity index (χ4v) is 5.84. The highest BCUT2D eigenvalue weighted by Gasteiger charge is 2.29. The SMILES string of the molecule is CC(C)(OC(=O)COc1cccc([S+](c2ccccc2)c2ccccc2)c1)c1ccc([N+](=O)[O-])cc1. The average Bonchev–Trinajstić information content (AvgIpc) is 2.89. The topological polar surface area (TPSA) is 78.7 Å². The second-order valence-electron chi connectivity index (χ2n) is 8.48. The third-order valence-electron chi connectivity index (χ3n) is 5.50. The molecular formula is C29H26NO5S+. The zero-order chi connectivity index (χ0) is 25.5. The molecule has 0 radical (unpaired) electrons. The van der Waals surface area contributed by atoms with E-state index < -0.39 is 16.5 Å². The van der Waals surface area contributed by atoms with Gasteiger partial charge in [-0.25, -0.2) is 4.79 Å². The summed E-state index contributed by atoms with van der Waals surface area (Å²) in [4.78, 5) is 26.5. The monoisotopic (exact) mass is 500 g/mol. The van der Waals surface area contributed by atoms with Crippen molar-refractivity contribution in [3.8, 4) is 5.75 Å².